The Morgan fingerprint density at radius 3 is 2.58 bits per heavy atom. The summed E-state index contributed by atoms with van der Waals surface area (Å²) in [6.45, 7) is 4.56. The predicted octanol–water partition coefficient (Wildman–Crippen LogP) is 3.89. The van der Waals surface area contributed by atoms with Gasteiger partial charge >= 0.3 is 0 Å². The summed E-state index contributed by atoms with van der Waals surface area (Å²) in [5, 5.41) is 6.42. The van der Waals surface area contributed by atoms with Gasteiger partial charge in [0.05, 0.1) is 6.61 Å². The largest absolute Gasteiger partial charge is 0.494 e. The van der Waals surface area contributed by atoms with Gasteiger partial charge in [-0.25, -0.2) is 4.39 Å². The van der Waals surface area contributed by atoms with Crippen LogP contribution in [0.25, 0.3) is 0 Å². The van der Waals surface area contributed by atoms with E-state index in [1.54, 1.807) is 12.1 Å². The minimum absolute atomic E-state index is 0.0737. The van der Waals surface area contributed by atoms with Crippen LogP contribution in [-0.4, -0.2) is 18.6 Å². The molecule has 3 rings (SSSR count). The second kappa shape index (κ2) is 8.32. The summed E-state index contributed by atoms with van der Waals surface area (Å²) in [4.78, 5) is 12.7. The molecule has 5 heteroatoms. The van der Waals surface area contributed by atoms with Crippen LogP contribution < -0.4 is 15.4 Å². The Morgan fingerprint density at radius 2 is 1.92 bits per heavy atom. The van der Waals surface area contributed by atoms with E-state index < -0.39 is 6.04 Å². The summed E-state index contributed by atoms with van der Waals surface area (Å²) >= 11 is 0. The molecule has 0 radical (unpaired) electrons. The lowest BCUT2D eigenvalue weighted by Crippen LogP contribution is -2.39. The highest BCUT2D eigenvalue weighted by Crippen LogP contribution is 2.25. The van der Waals surface area contributed by atoms with E-state index in [2.05, 4.69) is 10.6 Å². The lowest BCUT2D eigenvalue weighted by molar-refractivity contribution is -0.123. The van der Waals surface area contributed by atoms with Gasteiger partial charge in [0.25, 0.3) is 0 Å². The zero-order valence-electron chi connectivity index (χ0n) is 15.2. The Kier molecular flexibility index (Phi) is 5.89. The highest BCUT2D eigenvalue weighted by molar-refractivity contribution is 5.83. The fourth-order valence-corrected chi connectivity index (χ4v) is 2.88. The number of nitrogens with one attached hydrogen (secondary N) is 2. The van der Waals surface area contributed by atoms with Crippen LogP contribution in [0.2, 0.25) is 0 Å². The molecule has 1 fully saturated rings. The molecule has 2 unspecified atom stereocenters. The number of ether oxygens (including phenoxy) is 1. The quantitative estimate of drug-likeness (QED) is 0.754. The predicted molar refractivity (Wildman–Crippen MR) is 99.5 cm³/mol. The molecule has 0 bridgehead atoms. The van der Waals surface area contributed by atoms with Gasteiger partial charge in [0.1, 0.15) is 17.6 Å². The molecule has 2 aromatic carbocycles. The third-order valence-corrected chi connectivity index (χ3v) is 4.48. The number of rotatable bonds is 8. The molecule has 2 aromatic rings. The molecule has 1 aliphatic carbocycles. The third kappa shape index (κ3) is 4.82. The van der Waals surface area contributed by atoms with Gasteiger partial charge in [-0.05, 0) is 62.1 Å². The van der Waals surface area contributed by atoms with Crippen molar-refractivity contribution < 1.29 is 13.9 Å². The van der Waals surface area contributed by atoms with Gasteiger partial charge in [0.15, 0.2) is 0 Å². The maximum atomic E-state index is 13.3. The highest BCUT2D eigenvalue weighted by Gasteiger charge is 2.29. The van der Waals surface area contributed by atoms with Crippen molar-refractivity contribution in [2.75, 3.05) is 6.61 Å². The van der Waals surface area contributed by atoms with E-state index in [9.17, 15) is 9.18 Å². The van der Waals surface area contributed by atoms with Crippen LogP contribution in [0.5, 0.6) is 5.75 Å². The van der Waals surface area contributed by atoms with E-state index in [1.165, 1.54) is 12.1 Å². The maximum Gasteiger partial charge on any atom is 0.241 e. The topological polar surface area (TPSA) is 50.4 Å². The number of amides is 1. The molecule has 138 valence electrons. The molecule has 1 amide bonds. The minimum Gasteiger partial charge on any atom is -0.494 e. The molecule has 1 saturated carbocycles. The van der Waals surface area contributed by atoms with Gasteiger partial charge in [-0.2, -0.15) is 0 Å². The van der Waals surface area contributed by atoms with Gasteiger partial charge in [-0.3, -0.25) is 10.1 Å². The molecule has 0 aliphatic heterocycles. The minimum atomic E-state index is -0.540. The Balaban J connectivity index is 1.78. The van der Waals surface area contributed by atoms with E-state index >= 15 is 0 Å². The second-order valence-electron chi connectivity index (χ2n) is 6.66. The third-order valence-electron chi connectivity index (χ3n) is 4.48. The van der Waals surface area contributed by atoms with Crippen LogP contribution >= 0.6 is 0 Å². The number of halogens is 1. The standard InChI is InChI=1S/C21H25FN2O2/c1-3-26-19-6-4-5-16(13-19)14(2)23-20(21(25)24-18-11-12-18)15-7-9-17(22)10-8-15/h4-10,13-14,18,20,23H,3,11-12H2,1-2H3,(H,24,25). The zero-order chi connectivity index (χ0) is 18.5. The van der Waals surface area contributed by atoms with E-state index in [0.29, 0.717) is 6.61 Å². The van der Waals surface area contributed by atoms with Crippen molar-refractivity contribution >= 4 is 5.91 Å². The summed E-state index contributed by atoms with van der Waals surface area (Å²) < 4.78 is 18.8. The van der Waals surface area contributed by atoms with Crippen LogP contribution in [0.1, 0.15) is 49.9 Å². The first-order chi connectivity index (χ1) is 12.6. The van der Waals surface area contributed by atoms with Crippen LogP contribution in [0.4, 0.5) is 4.39 Å². The van der Waals surface area contributed by atoms with E-state index in [0.717, 1.165) is 29.7 Å². The SMILES string of the molecule is CCOc1cccc(C(C)NC(C(=O)NC2CC2)c2ccc(F)cc2)c1. The van der Waals surface area contributed by atoms with E-state index in [4.69, 9.17) is 4.74 Å². The Labute approximate surface area is 153 Å². The van der Waals surface area contributed by atoms with Crippen LogP contribution in [-0.2, 0) is 4.79 Å². The summed E-state index contributed by atoms with van der Waals surface area (Å²) in [6, 6.07) is 13.6. The number of hydrogen-bond acceptors (Lipinski definition) is 3. The molecule has 0 heterocycles. The van der Waals surface area contributed by atoms with Crippen LogP contribution in [0, 0.1) is 5.82 Å². The average molecular weight is 356 g/mol. The van der Waals surface area contributed by atoms with Crippen molar-refractivity contribution in [3.8, 4) is 5.75 Å². The van der Waals surface area contributed by atoms with Gasteiger partial charge in [0, 0.05) is 12.1 Å². The van der Waals surface area contributed by atoms with Crippen molar-refractivity contribution in [1.82, 2.24) is 10.6 Å². The van der Waals surface area contributed by atoms with E-state index in [-0.39, 0.29) is 23.8 Å². The van der Waals surface area contributed by atoms with Gasteiger partial charge in [-0.15, -0.1) is 0 Å². The lowest BCUT2D eigenvalue weighted by atomic mass is 10.0. The molecule has 1 aliphatic rings. The summed E-state index contributed by atoms with van der Waals surface area (Å²) in [7, 11) is 0. The van der Waals surface area contributed by atoms with E-state index in [1.807, 2.05) is 38.1 Å². The first-order valence-corrected chi connectivity index (χ1v) is 9.11. The molecule has 4 nitrogen and oxygen atoms in total. The zero-order valence-corrected chi connectivity index (χ0v) is 15.2. The molecule has 0 saturated heterocycles. The van der Waals surface area contributed by atoms with Gasteiger partial charge < -0.3 is 10.1 Å². The smallest absolute Gasteiger partial charge is 0.241 e. The Bertz CT molecular complexity index is 744. The number of carbonyl (C=O) groups is 1. The lowest BCUT2D eigenvalue weighted by Gasteiger charge is -2.24. The van der Waals surface area contributed by atoms with Crippen LogP contribution in [0.3, 0.4) is 0 Å². The summed E-state index contributed by atoms with van der Waals surface area (Å²) in [5.41, 5.74) is 1.78. The first kappa shape index (κ1) is 18.4. The monoisotopic (exact) mass is 356 g/mol. The molecule has 2 atom stereocenters. The van der Waals surface area contributed by atoms with Crippen molar-refractivity contribution in [3.63, 3.8) is 0 Å². The molecular formula is C21H25FN2O2. The summed E-state index contributed by atoms with van der Waals surface area (Å²) in [5.74, 6) is 0.416. The number of benzene rings is 2. The van der Waals surface area contributed by atoms with Gasteiger partial charge in [0.2, 0.25) is 5.91 Å². The maximum absolute atomic E-state index is 13.3. The average Bonchev–Trinajstić information content (AvgIpc) is 3.45. The molecule has 0 spiro atoms. The first-order valence-electron chi connectivity index (χ1n) is 9.11. The van der Waals surface area contributed by atoms with Crippen molar-refractivity contribution in [2.24, 2.45) is 0 Å². The van der Waals surface area contributed by atoms with Crippen molar-refractivity contribution in [2.45, 2.75) is 44.8 Å². The Morgan fingerprint density at radius 1 is 1.19 bits per heavy atom. The second-order valence-corrected chi connectivity index (χ2v) is 6.66. The molecular weight excluding hydrogens is 331 g/mol. The van der Waals surface area contributed by atoms with Crippen molar-refractivity contribution in [3.05, 3.63) is 65.5 Å². The van der Waals surface area contributed by atoms with Crippen LogP contribution in [0.15, 0.2) is 48.5 Å². The Hall–Kier alpha value is -2.40. The normalized spacial score (nSPS) is 16.0. The molecule has 2 N–H and O–H groups in total. The number of carbonyl (C=O) groups excluding carboxylic acids is 1. The van der Waals surface area contributed by atoms with Crippen molar-refractivity contribution in [1.29, 1.82) is 0 Å². The highest BCUT2D eigenvalue weighted by atomic mass is 19.1. The fraction of sp³-hybridized carbons (Fsp3) is 0.381. The van der Waals surface area contributed by atoms with Gasteiger partial charge in [-0.1, -0.05) is 24.3 Å². The summed E-state index contributed by atoms with van der Waals surface area (Å²) in [6.07, 6.45) is 2.04. The number of hydrogen-bond donors (Lipinski definition) is 2. The molecule has 0 aromatic heterocycles. The molecule has 26 heavy (non-hydrogen) atoms. The fourth-order valence-electron chi connectivity index (χ4n) is 2.88.